The average molecular weight is 764 g/mol. The number of amides is 1. The molecule has 54 heavy (non-hydrogen) atoms. The lowest BCUT2D eigenvalue weighted by Crippen LogP contribution is -2.28. The van der Waals surface area contributed by atoms with Crippen molar-refractivity contribution in [3.05, 3.63) is 69.3 Å². The molecule has 0 aliphatic heterocycles. The van der Waals surface area contributed by atoms with E-state index < -0.39 is 34.8 Å². The van der Waals surface area contributed by atoms with E-state index in [4.69, 9.17) is 30.5 Å². The lowest BCUT2D eigenvalue weighted by molar-refractivity contribution is -0.148. The fourth-order valence-corrected chi connectivity index (χ4v) is 7.30. The van der Waals surface area contributed by atoms with Crippen LogP contribution in [0.4, 0.5) is 5.82 Å². The van der Waals surface area contributed by atoms with Crippen LogP contribution in [0.5, 0.6) is 11.5 Å². The molecule has 1 amide bonds. The van der Waals surface area contributed by atoms with E-state index in [1.807, 2.05) is 67.5 Å². The van der Waals surface area contributed by atoms with E-state index in [1.165, 1.54) is 21.0 Å². The number of hydrogen-bond donors (Lipinski definition) is 1. The topological polar surface area (TPSA) is 161 Å². The molecule has 0 saturated carbocycles. The van der Waals surface area contributed by atoms with Crippen LogP contribution in [0, 0.1) is 27.7 Å². The molecule has 0 aliphatic carbocycles. The molecule has 0 saturated heterocycles. The minimum absolute atomic E-state index is 0.00812. The molecule has 2 aromatic heterocycles. The van der Waals surface area contributed by atoms with E-state index in [0.29, 0.717) is 35.6 Å². The van der Waals surface area contributed by atoms with Gasteiger partial charge >= 0.3 is 17.9 Å². The molecule has 1 N–H and O–H groups in total. The zero-order chi connectivity index (χ0) is 40.1. The Morgan fingerprint density at radius 1 is 0.833 bits per heavy atom. The van der Waals surface area contributed by atoms with Gasteiger partial charge in [0, 0.05) is 55.9 Å². The van der Waals surface area contributed by atoms with Crippen LogP contribution in [0.2, 0.25) is 5.28 Å². The minimum Gasteiger partial charge on any atom is -0.463 e. The smallest absolute Gasteiger partial charge is 0.308 e. The number of anilines is 1. The number of hydrogen-bond acceptors (Lipinski definition) is 11. The molecule has 13 nitrogen and oxygen atoms in total. The summed E-state index contributed by atoms with van der Waals surface area (Å²) in [5, 5.41) is 2.77. The molecule has 1 atom stereocenters. The van der Waals surface area contributed by atoms with Crippen LogP contribution >= 0.6 is 11.6 Å². The van der Waals surface area contributed by atoms with Crippen molar-refractivity contribution in [1.82, 2.24) is 19.5 Å². The van der Waals surface area contributed by atoms with Crippen molar-refractivity contribution in [2.24, 2.45) is 0 Å². The van der Waals surface area contributed by atoms with E-state index in [-0.39, 0.29) is 36.5 Å². The number of methoxy groups -OCH3 is 1. The van der Waals surface area contributed by atoms with Gasteiger partial charge in [-0.1, -0.05) is 39.8 Å². The maximum absolute atomic E-state index is 13.5. The van der Waals surface area contributed by atoms with E-state index >= 15 is 0 Å². The molecule has 4 aromatic rings. The average Bonchev–Trinajstić information content (AvgIpc) is 3.41. The number of rotatable bonds is 15. The van der Waals surface area contributed by atoms with Crippen LogP contribution in [0.3, 0.4) is 0 Å². The van der Waals surface area contributed by atoms with Crippen molar-refractivity contribution >= 4 is 52.4 Å². The number of aryl methyl sites for hydroxylation is 5. The first-order chi connectivity index (χ1) is 25.2. The predicted molar refractivity (Wildman–Crippen MR) is 205 cm³/mol. The summed E-state index contributed by atoms with van der Waals surface area (Å²) in [6.07, 6.45) is 1.64. The minimum atomic E-state index is -0.719. The normalized spacial score (nSPS) is 12.4. The molecule has 4 rings (SSSR count). The standard InChI is InChI=1S/C40H50ClN5O8/c1-22-14-24(3)33(29(16-22)53-26(5)47)39(7,8)18-31(49)43-36-35-37(45-38(41)44-36)46(21-42-35)13-12-28(51-11)20-52-32(50)19-40(9,10)34-25(4)15-23(2)17-30(34)54-27(6)48/h14-17,21,28H,12-13,18-20H2,1-11H3,(H,43,44,45,49). The summed E-state index contributed by atoms with van der Waals surface area (Å²) in [7, 11) is 1.54. The molecule has 290 valence electrons. The van der Waals surface area contributed by atoms with Gasteiger partial charge in [-0.15, -0.1) is 0 Å². The number of nitrogens with one attached hydrogen (secondary N) is 1. The molecule has 0 fully saturated rings. The van der Waals surface area contributed by atoms with Crippen molar-refractivity contribution in [2.45, 2.75) is 112 Å². The van der Waals surface area contributed by atoms with E-state index in [2.05, 4.69) is 20.3 Å². The van der Waals surface area contributed by atoms with E-state index in [0.717, 1.165) is 33.4 Å². The van der Waals surface area contributed by atoms with Gasteiger partial charge in [0.2, 0.25) is 11.2 Å². The van der Waals surface area contributed by atoms with Gasteiger partial charge in [-0.3, -0.25) is 19.2 Å². The summed E-state index contributed by atoms with van der Waals surface area (Å²) in [5.41, 5.74) is 4.56. The van der Waals surface area contributed by atoms with Crippen molar-refractivity contribution in [3.63, 3.8) is 0 Å². The highest BCUT2D eigenvalue weighted by Gasteiger charge is 2.32. The Kier molecular flexibility index (Phi) is 13.2. The molecule has 1 unspecified atom stereocenters. The van der Waals surface area contributed by atoms with Crippen LogP contribution in [0.25, 0.3) is 11.2 Å². The third kappa shape index (κ3) is 10.4. The van der Waals surface area contributed by atoms with Crippen molar-refractivity contribution in [1.29, 1.82) is 0 Å². The SMILES string of the molecule is COC(CCn1cnc2c(NC(=O)CC(C)(C)c3c(C)cc(C)cc3OC(C)=O)nc(Cl)nc21)COC(=O)CC(C)(C)c1c(C)cc(C)cc1OC(C)=O. The molecular weight excluding hydrogens is 714 g/mol. The lowest BCUT2D eigenvalue weighted by Gasteiger charge is -2.29. The van der Waals surface area contributed by atoms with Gasteiger partial charge in [0.15, 0.2) is 17.0 Å². The Morgan fingerprint density at radius 2 is 1.37 bits per heavy atom. The second kappa shape index (κ2) is 17.1. The quantitative estimate of drug-likeness (QED) is 0.0742. The number of benzene rings is 2. The van der Waals surface area contributed by atoms with Crippen LogP contribution < -0.4 is 14.8 Å². The number of ether oxygens (including phenoxy) is 4. The van der Waals surface area contributed by atoms with Gasteiger partial charge < -0.3 is 28.8 Å². The predicted octanol–water partition coefficient (Wildman–Crippen LogP) is 7.19. The number of carbonyl (C=O) groups is 4. The Balaban J connectivity index is 1.42. The van der Waals surface area contributed by atoms with E-state index in [9.17, 15) is 19.2 Å². The largest absolute Gasteiger partial charge is 0.463 e. The zero-order valence-electron chi connectivity index (χ0n) is 32.9. The zero-order valence-corrected chi connectivity index (χ0v) is 33.7. The first-order valence-corrected chi connectivity index (χ1v) is 18.1. The molecule has 0 aliphatic rings. The summed E-state index contributed by atoms with van der Waals surface area (Å²) in [4.78, 5) is 63.3. The highest BCUT2D eigenvalue weighted by Crippen LogP contribution is 2.40. The van der Waals surface area contributed by atoms with Crippen molar-refractivity contribution < 1.29 is 38.1 Å². The number of carbonyl (C=O) groups excluding carboxylic acids is 4. The number of halogens is 1. The number of fused-ring (bicyclic) bond motifs is 1. The summed E-state index contributed by atoms with van der Waals surface area (Å²) in [6, 6.07) is 7.56. The fraction of sp³-hybridized carbons (Fsp3) is 0.475. The molecule has 0 radical (unpaired) electrons. The van der Waals surface area contributed by atoms with Crippen LogP contribution in [-0.4, -0.2) is 63.2 Å². The second-order valence-corrected chi connectivity index (χ2v) is 15.4. The monoisotopic (exact) mass is 763 g/mol. The Bertz CT molecular complexity index is 2070. The van der Waals surface area contributed by atoms with E-state index in [1.54, 1.807) is 23.0 Å². The Labute approximate surface area is 321 Å². The van der Waals surface area contributed by atoms with Gasteiger partial charge in [-0.05, 0) is 80.1 Å². The lowest BCUT2D eigenvalue weighted by atomic mass is 9.78. The van der Waals surface area contributed by atoms with Gasteiger partial charge in [-0.25, -0.2) is 4.98 Å². The Hall–Kier alpha value is -4.88. The van der Waals surface area contributed by atoms with Crippen LogP contribution in [-0.2, 0) is 46.0 Å². The summed E-state index contributed by atoms with van der Waals surface area (Å²) in [5.74, 6) is -0.639. The molecule has 0 bridgehead atoms. The number of aromatic nitrogens is 4. The van der Waals surface area contributed by atoms with Crippen molar-refractivity contribution in [3.8, 4) is 11.5 Å². The first kappa shape index (κ1) is 41.9. The Morgan fingerprint density at radius 3 is 1.89 bits per heavy atom. The second-order valence-electron chi connectivity index (χ2n) is 15.0. The van der Waals surface area contributed by atoms with Gasteiger partial charge in [0.1, 0.15) is 18.1 Å². The summed E-state index contributed by atoms with van der Waals surface area (Å²) < 4.78 is 24.1. The molecule has 14 heteroatoms. The fourth-order valence-electron chi connectivity index (χ4n) is 7.14. The highest BCUT2D eigenvalue weighted by molar-refractivity contribution is 6.28. The van der Waals surface area contributed by atoms with Crippen LogP contribution in [0.15, 0.2) is 30.6 Å². The highest BCUT2D eigenvalue weighted by atomic mass is 35.5. The first-order valence-electron chi connectivity index (χ1n) is 17.7. The van der Waals surface area contributed by atoms with Gasteiger partial charge in [0.25, 0.3) is 0 Å². The summed E-state index contributed by atoms with van der Waals surface area (Å²) in [6.45, 7) is 18.4. The maximum Gasteiger partial charge on any atom is 0.308 e. The number of esters is 3. The number of imidazole rings is 1. The third-order valence-electron chi connectivity index (χ3n) is 9.09. The molecular formula is C40H50ClN5O8. The third-order valence-corrected chi connectivity index (χ3v) is 9.26. The van der Waals surface area contributed by atoms with Crippen LogP contribution in [0.1, 0.15) is 94.2 Å². The number of nitrogens with zero attached hydrogens (tertiary/aromatic N) is 4. The summed E-state index contributed by atoms with van der Waals surface area (Å²) >= 11 is 6.32. The molecule has 0 spiro atoms. The van der Waals surface area contributed by atoms with Gasteiger partial charge in [0.05, 0.1) is 18.9 Å². The molecule has 2 heterocycles. The molecule has 2 aromatic carbocycles. The van der Waals surface area contributed by atoms with Gasteiger partial charge in [-0.2, -0.15) is 9.97 Å². The van der Waals surface area contributed by atoms with Crippen molar-refractivity contribution in [2.75, 3.05) is 19.0 Å². The maximum atomic E-state index is 13.5.